The van der Waals surface area contributed by atoms with Crippen LogP contribution < -0.4 is 5.32 Å². The molecule has 5 heteroatoms. The summed E-state index contributed by atoms with van der Waals surface area (Å²) in [5.74, 6) is 0. The van der Waals surface area contributed by atoms with Crippen molar-refractivity contribution in [3.63, 3.8) is 0 Å². The molecule has 1 aromatic carbocycles. The lowest BCUT2D eigenvalue weighted by Gasteiger charge is -2.15. The second-order valence-corrected chi connectivity index (χ2v) is 4.61. The first-order valence-corrected chi connectivity index (χ1v) is 5.52. The van der Waals surface area contributed by atoms with Gasteiger partial charge in [0.2, 0.25) is 0 Å². The molecule has 1 aliphatic carbocycles. The van der Waals surface area contributed by atoms with Crippen molar-refractivity contribution in [1.29, 1.82) is 0 Å². The van der Waals surface area contributed by atoms with E-state index in [1.807, 2.05) is 13.1 Å². The van der Waals surface area contributed by atoms with Gasteiger partial charge in [-0.1, -0.05) is 15.9 Å². The summed E-state index contributed by atoms with van der Waals surface area (Å²) in [6, 6.07) is 4.94. The van der Waals surface area contributed by atoms with E-state index in [4.69, 9.17) is 0 Å². The van der Waals surface area contributed by atoms with Crippen molar-refractivity contribution in [2.24, 2.45) is 0 Å². The summed E-state index contributed by atoms with van der Waals surface area (Å²) in [6.45, 7) is 0. The predicted octanol–water partition coefficient (Wildman–Crippen LogP) is 2.57. The molecule has 0 atom stereocenters. The highest BCUT2D eigenvalue weighted by Crippen LogP contribution is 2.48. The first kappa shape index (κ1) is 10.6. The van der Waals surface area contributed by atoms with Gasteiger partial charge in [0.1, 0.15) is 0 Å². The molecule has 0 saturated heterocycles. The standard InChI is InChI=1S/C10H11BrN2O2/c1-12-10(4-5-10)8-3-2-7(13(14)15)6-9(8)11/h2-3,6,12H,4-5H2,1H3. The minimum atomic E-state index is -0.381. The maximum Gasteiger partial charge on any atom is 0.270 e. The summed E-state index contributed by atoms with van der Waals surface area (Å²) in [7, 11) is 1.92. The maximum absolute atomic E-state index is 10.6. The fraction of sp³-hybridized carbons (Fsp3) is 0.400. The first-order valence-electron chi connectivity index (χ1n) is 4.72. The molecule has 0 radical (unpaired) electrons. The molecule has 1 aliphatic rings. The molecule has 0 amide bonds. The van der Waals surface area contributed by atoms with Gasteiger partial charge in [0.15, 0.2) is 0 Å². The zero-order valence-electron chi connectivity index (χ0n) is 8.29. The van der Waals surface area contributed by atoms with E-state index < -0.39 is 0 Å². The summed E-state index contributed by atoms with van der Waals surface area (Å²) in [4.78, 5) is 10.2. The second kappa shape index (κ2) is 3.57. The molecule has 4 nitrogen and oxygen atoms in total. The summed E-state index contributed by atoms with van der Waals surface area (Å²) in [5, 5.41) is 13.8. The van der Waals surface area contributed by atoms with Crippen LogP contribution in [0.5, 0.6) is 0 Å². The Kier molecular flexibility index (Phi) is 2.52. The average Bonchev–Trinajstić information content (AvgIpc) is 2.98. The third kappa shape index (κ3) is 1.77. The van der Waals surface area contributed by atoms with Gasteiger partial charge in [0.25, 0.3) is 5.69 Å². The van der Waals surface area contributed by atoms with Crippen LogP contribution >= 0.6 is 15.9 Å². The van der Waals surface area contributed by atoms with Gasteiger partial charge in [-0.25, -0.2) is 0 Å². The highest BCUT2D eigenvalue weighted by atomic mass is 79.9. The van der Waals surface area contributed by atoms with Gasteiger partial charge in [-0.3, -0.25) is 10.1 Å². The van der Waals surface area contributed by atoms with Crippen LogP contribution in [0.3, 0.4) is 0 Å². The summed E-state index contributed by atoms with van der Waals surface area (Å²) in [5.41, 5.74) is 1.27. The van der Waals surface area contributed by atoms with Gasteiger partial charge < -0.3 is 5.32 Å². The Morgan fingerprint density at radius 2 is 2.20 bits per heavy atom. The van der Waals surface area contributed by atoms with Gasteiger partial charge in [0.05, 0.1) is 4.92 Å². The molecule has 0 heterocycles. The Morgan fingerprint density at radius 1 is 1.53 bits per heavy atom. The number of benzene rings is 1. The first-order chi connectivity index (χ1) is 7.09. The van der Waals surface area contributed by atoms with E-state index in [1.165, 1.54) is 0 Å². The smallest absolute Gasteiger partial charge is 0.270 e. The van der Waals surface area contributed by atoms with Crippen LogP contribution in [0.2, 0.25) is 0 Å². The molecule has 1 fully saturated rings. The summed E-state index contributed by atoms with van der Waals surface area (Å²) >= 11 is 3.39. The largest absolute Gasteiger partial charge is 0.310 e. The Balaban J connectivity index is 2.39. The zero-order valence-corrected chi connectivity index (χ0v) is 9.87. The van der Waals surface area contributed by atoms with E-state index in [0.717, 1.165) is 22.9 Å². The molecule has 80 valence electrons. The SMILES string of the molecule is CNC1(c2ccc([N+](=O)[O-])cc2Br)CC1. The quantitative estimate of drug-likeness (QED) is 0.679. The van der Waals surface area contributed by atoms with Crippen LogP contribution in [0.25, 0.3) is 0 Å². The van der Waals surface area contributed by atoms with Crippen LogP contribution in [-0.4, -0.2) is 12.0 Å². The third-order valence-electron chi connectivity index (χ3n) is 2.91. The number of non-ortho nitro benzene ring substituents is 1. The lowest BCUT2D eigenvalue weighted by molar-refractivity contribution is -0.384. The van der Waals surface area contributed by atoms with Crippen LogP contribution in [0, 0.1) is 10.1 Å². The number of nitro benzene ring substituents is 1. The molecule has 0 aliphatic heterocycles. The Labute approximate surface area is 96.0 Å². The number of hydrogen-bond acceptors (Lipinski definition) is 3. The molecule has 0 unspecified atom stereocenters. The van der Waals surface area contributed by atoms with Gasteiger partial charge in [0, 0.05) is 22.1 Å². The van der Waals surface area contributed by atoms with Crippen molar-refractivity contribution in [1.82, 2.24) is 5.32 Å². The fourth-order valence-corrected chi connectivity index (χ4v) is 2.53. The molecular formula is C10H11BrN2O2. The number of nitro groups is 1. The van der Waals surface area contributed by atoms with Gasteiger partial charge in [-0.2, -0.15) is 0 Å². The average molecular weight is 271 g/mol. The monoisotopic (exact) mass is 270 g/mol. The van der Waals surface area contributed by atoms with Crippen molar-refractivity contribution in [2.75, 3.05) is 7.05 Å². The third-order valence-corrected chi connectivity index (χ3v) is 3.56. The molecule has 0 bridgehead atoms. The topological polar surface area (TPSA) is 55.2 Å². The minimum absolute atomic E-state index is 0.0357. The second-order valence-electron chi connectivity index (χ2n) is 3.75. The zero-order chi connectivity index (χ0) is 11.1. The lowest BCUT2D eigenvalue weighted by atomic mass is 10.0. The molecule has 1 aromatic rings. The van der Waals surface area contributed by atoms with Crippen molar-refractivity contribution < 1.29 is 4.92 Å². The Bertz CT molecular complexity index is 416. The van der Waals surface area contributed by atoms with E-state index in [0.29, 0.717) is 0 Å². The molecule has 0 aromatic heterocycles. The number of rotatable bonds is 3. The molecular weight excluding hydrogens is 260 g/mol. The Hall–Kier alpha value is -0.940. The van der Waals surface area contributed by atoms with Crippen molar-refractivity contribution in [3.8, 4) is 0 Å². The number of nitrogens with zero attached hydrogens (tertiary/aromatic N) is 1. The van der Waals surface area contributed by atoms with E-state index in [9.17, 15) is 10.1 Å². The van der Waals surface area contributed by atoms with Crippen LogP contribution in [0.15, 0.2) is 22.7 Å². The number of halogens is 1. The van der Waals surface area contributed by atoms with E-state index in [-0.39, 0.29) is 16.1 Å². The molecule has 0 spiro atoms. The van der Waals surface area contributed by atoms with Crippen molar-refractivity contribution in [2.45, 2.75) is 18.4 Å². The molecule has 15 heavy (non-hydrogen) atoms. The maximum atomic E-state index is 10.6. The molecule has 1 N–H and O–H groups in total. The van der Waals surface area contributed by atoms with Crippen molar-refractivity contribution >= 4 is 21.6 Å². The van der Waals surface area contributed by atoms with Gasteiger partial charge >= 0.3 is 0 Å². The predicted molar refractivity (Wildman–Crippen MR) is 60.8 cm³/mol. The van der Waals surface area contributed by atoms with Crippen LogP contribution in [0.4, 0.5) is 5.69 Å². The van der Waals surface area contributed by atoms with E-state index >= 15 is 0 Å². The Morgan fingerprint density at radius 3 is 2.60 bits per heavy atom. The number of hydrogen-bond donors (Lipinski definition) is 1. The van der Waals surface area contributed by atoms with Gasteiger partial charge in [-0.15, -0.1) is 0 Å². The van der Waals surface area contributed by atoms with Gasteiger partial charge in [-0.05, 0) is 31.5 Å². The highest BCUT2D eigenvalue weighted by molar-refractivity contribution is 9.10. The number of nitrogens with one attached hydrogen (secondary N) is 1. The summed E-state index contributed by atoms with van der Waals surface area (Å²) < 4.78 is 0.809. The lowest BCUT2D eigenvalue weighted by Crippen LogP contribution is -2.24. The van der Waals surface area contributed by atoms with Crippen molar-refractivity contribution in [3.05, 3.63) is 38.3 Å². The minimum Gasteiger partial charge on any atom is -0.310 e. The summed E-state index contributed by atoms with van der Waals surface area (Å²) in [6.07, 6.45) is 2.17. The normalized spacial score (nSPS) is 17.5. The highest BCUT2D eigenvalue weighted by Gasteiger charge is 2.44. The molecule has 2 rings (SSSR count). The van der Waals surface area contributed by atoms with E-state index in [1.54, 1.807) is 12.1 Å². The fourth-order valence-electron chi connectivity index (χ4n) is 1.78. The van der Waals surface area contributed by atoms with Crippen LogP contribution in [0.1, 0.15) is 18.4 Å². The van der Waals surface area contributed by atoms with E-state index in [2.05, 4.69) is 21.2 Å². The van der Waals surface area contributed by atoms with Crippen LogP contribution in [-0.2, 0) is 5.54 Å². The molecule has 1 saturated carbocycles.